The molecule has 0 amide bonds. The van der Waals surface area contributed by atoms with Crippen molar-refractivity contribution < 1.29 is 49.4 Å². The molecular formula is C23H27N3O10. The Hall–Kier alpha value is -4.36. The largest absolute Gasteiger partial charge is 0.508 e. The van der Waals surface area contributed by atoms with Crippen LogP contribution >= 0.6 is 0 Å². The molecule has 0 saturated heterocycles. The molecule has 2 atom stereocenters. The Morgan fingerprint density at radius 2 is 1.69 bits per heavy atom. The summed E-state index contributed by atoms with van der Waals surface area (Å²) < 4.78 is 10.1. The van der Waals surface area contributed by atoms with Crippen molar-refractivity contribution in [2.75, 3.05) is 6.54 Å². The fraction of sp³-hybridized carbons (Fsp3) is 0.304. The Bertz CT molecular complexity index is 1130. The van der Waals surface area contributed by atoms with E-state index in [9.17, 15) is 20.5 Å². The molecule has 6 N–H and O–H groups in total. The number of hydrogen-bond donors (Lipinski definition) is 6. The molecule has 36 heavy (non-hydrogen) atoms. The van der Waals surface area contributed by atoms with Crippen molar-refractivity contribution in [3.8, 4) is 17.2 Å². The number of aliphatic hydroxyl groups is 1. The van der Waals surface area contributed by atoms with E-state index in [4.69, 9.17) is 24.5 Å². The maximum atomic E-state index is 11.2. The quantitative estimate of drug-likeness (QED) is 0.178. The van der Waals surface area contributed by atoms with E-state index in [0.29, 0.717) is 27.6 Å². The third-order valence-electron chi connectivity index (χ3n) is 4.91. The van der Waals surface area contributed by atoms with Crippen LogP contribution in [0.1, 0.15) is 35.5 Å². The lowest BCUT2D eigenvalue weighted by Crippen LogP contribution is -2.32. The molecule has 1 aromatic heterocycles. The van der Waals surface area contributed by atoms with Crippen LogP contribution in [-0.2, 0) is 22.6 Å². The molecule has 194 valence electrons. The van der Waals surface area contributed by atoms with Gasteiger partial charge in [0.1, 0.15) is 17.2 Å². The molecule has 1 heterocycles. The zero-order valence-corrected chi connectivity index (χ0v) is 19.5. The highest BCUT2D eigenvalue weighted by atomic mass is 16.8. The average Bonchev–Trinajstić information content (AvgIpc) is 3.14. The fourth-order valence-corrected chi connectivity index (χ4v) is 2.99. The minimum atomic E-state index is -1.82. The number of phenolic OH excluding ortho intramolecular Hbond substituents is 2. The molecule has 0 aliphatic carbocycles. The maximum absolute atomic E-state index is 11.2. The van der Waals surface area contributed by atoms with Gasteiger partial charge in [0.25, 0.3) is 5.69 Å². The summed E-state index contributed by atoms with van der Waals surface area (Å²) in [4.78, 5) is 18.5. The van der Waals surface area contributed by atoms with Crippen LogP contribution in [0.5, 0.6) is 17.2 Å². The van der Waals surface area contributed by atoms with Crippen LogP contribution in [0, 0.1) is 12.1 Å². The van der Waals surface area contributed by atoms with E-state index in [1.165, 1.54) is 18.2 Å². The summed E-state index contributed by atoms with van der Waals surface area (Å²) in [5.74, 6) is -3.18. The monoisotopic (exact) mass is 505 g/mol. The van der Waals surface area contributed by atoms with Crippen molar-refractivity contribution in [2.24, 2.45) is 0 Å². The number of benzene rings is 2. The number of carbonyl (C=O) groups is 2. The van der Waals surface area contributed by atoms with Crippen LogP contribution in [0.4, 0.5) is 0 Å². The maximum Gasteiger partial charge on any atom is 0.414 e. The Balaban J connectivity index is 0.000000678. The Morgan fingerprint density at radius 1 is 1.11 bits per heavy atom. The number of hydrogen-bond acceptors (Lipinski definition) is 10. The lowest BCUT2D eigenvalue weighted by atomic mass is 10.1. The van der Waals surface area contributed by atoms with Crippen molar-refractivity contribution in [1.29, 1.82) is 0 Å². The summed E-state index contributed by atoms with van der Waals surface area (Å²) in [6.07, 6.45) is -0.120. The van der Waals surface area contributed by atoms with E-state index in [2.05, 4.69) is 15.1 Å². The van der Waals surface area contributed by atoms with E-state index in [1.54, 1.807) is 6.92 Å². The number of aliphatic hydroxyl groups excluding tert-OH is 1. The number of aromatic hydroxyl groups is 2. The van der Waals surface area contributed by atoms with Crippen LogP contribution in [0.15, 0.2) is 47.1 Å². The number of ether oxygens (including phenoxy) is 1. The molecule has 0 aliphatic rings. The number of nitrogens with one attached hydrogen (secondary N) is 1. The molecule has 2 aromatic carbocycles. The van der Waals surface area contributed by atoms with Crippen LogP contribution in [0.3, 0.4) is 0 Å². The van der Waals surface area contributed by atoms with E-state index in [1.807, 2.05) is 31.2 Å². The molecular weight excluding hydrogens is 478 g/mol. The fourth-order valence-electron chi connectivity index (χ4n) is 2.99. The predicted molar refractivity (Wildman–Crippen MR) is 122 cm³/mol. The molecule has 0 fully saturated rings. The lowest BCUT2D eigenvalue weighted by Gasteiger charge is -2.18. The standard InChI is InChI=1S/C21H25N3O6.C2H2O4/c1-13(22-11-21(27)16-8-17(25)10-18(26)9-16)7-15-3-5-19(6-4-15)29-12-20-14(2)24(28)30-23-20;3-1(4)2(5)6/h3-6,8-10,13,21-22,25-27H,7,11-12H2,1-2H3;(H,3,4)(H,5,6)/t13-,21-;/m0./s1. The average molecular weight is 505 g/mol. The van der Waals surface area contributed by atoms with Gasteiger partial charge in [-0.2, -0.15) is 0 Å². The van der Waals surface area contributed by atoms with Crippen molar-refractivity contribution in [3.05, 3.63) is 70.2 Å². The summed E-state index contributed by atoms with van der Waals surface area (Å²) in [5.41, 5.74) is 2.35. The Kier molecular flexibility index (Phi) is 10.0. The highest BCUT2D eigenvalue weighted by Crippen LogP contribution is 2.24. The smallest absolute Gasteiger partial charge is 0.414 e. The van der Waals surface area contributed by atoms with Crippen molar-refractivity contribution in [2.45, 2.75) is 39.0 Å². The third-order valence-corrected chi connectivity index (χ3v) is 4.91. The second kappa shape index (κ2) is 12.9. The number of nitrogens with zero attached hydrogens (tertiary/aromatic N) is 2. The number of carboxylic acid groups (broad SMARTS) is 2. The lowest BCUT2D eigenvalue weighted by molar-refractivity contribution is -0.806. The van der Waals surface area contributed by atoms with Crippen LogP contribution in [0.25, 0.3) is 0 Å². The van der Waals surface area contributed by atoms with Gasteiger partial charge in [-0.3, -0.25) is 4.63 Å². The number of phenols is 2. The van der Waals surface area contributed by atoms with Gasteiger partial charge in [0.15, 0.2) is 12.3 Å². The molecule has 13 nitrogen and oxygen atoms in total. The summed E-state index contributed by atoms with van der Waals surface area (Å²) in [5, 5.41) is 62.2. The number of rotatable bonds is 9. The minimum absolute atomic E-state index is 0.0857. The summed E-state index contributed by atoms with van der Waals surface area (Å²) >= 11 is 0. The molecule has 0 unspecified atom stereocenters. The summed E-state index contributed by atoms with van der Waals surface area (Å²) in [6, 6.07) is 11.7. The molecule has 3 aromatic rings. The molecule has 0 bridgehead atoms. The van der Waals surface area contributed by atoms with E-state index in [0.717, 1.165) is 12.0 Å². The summed E-state index contributed by atoms with van der Waals surface area (Å²) in [6.45, 7) is 4.04. The first-order valence-electron chi connectivity index (χ1n) is 10.6. The molecule has 0 saturated carbocycles. The first-order valence-corrected chi connectivity index (χ1v) is 10.6. The van der Waals surface area contributed by atoms with Gasteiger partial charge in [0.05, 0.1) is 6.10 Å². The van der Waals surface area contributed by atoms with E-state index in [-0.39, 0.29) is 30.7 Å². The van der Waals surface area contributed by atoms with Crippen LogP contribution in [0.2, 0.25) is 0 Å². The molecule has 0 spiro atoms. The zero-order valence-electron chi connectivity index (χ0n) is 19.5. The molecule has 13 heteroatoms. The van der Waals surface area contributed by atoms with Gasteiger partial charge < -0.3 is 40.8 Å². The zero-order chi connectivity index (χ0) is 26.8. The highest BCUT2D eigenvalue weighted by Gasteiger charge is 2.15. The van der Waals surface area contributed by atoms with Gasteiger partial charge in [-0.15, -0.1) is 0 Å². The number of aliphatic carboxylic acids is 2. The van der Waals surface area contributed by atoms with Crippen LogP contribution in [-0.4, -0.2) is 55.2 Å². The van der Waals surface area contributed by atoms with Crippen molar-refractivity contribution >= 4 is 11.9 Å². The van der Waals surface area contributed by atoms with Gasteiger partial charge >= 0.3 is 11.9 Å². The highest BCUT2D eigenvalue weighted by molar-refractivity contribution is 6.27. The Morgan fingerprint density at radius 3 is 2.19 bits per heavy atom. The first kappa shape index (κ1) is 27.9. The van der Waals surface area contributed by atoms with Gasteiger partial charge in [0.2, 0.25) is 0 Å². The van der Waals surface area contributed by atoms with Crippen LogP contribution < -0.4 is 15.0 Å². The summed E-state index contributed by atoms with van der Waals surface area (Å²) in [7, 11) is 0. The van der Waals surface area contributed by atoms with E-state index < -0.39 is 18.0 Å². The second-order valence-electron chi connectivity index (χ2n) is 7.82. The third kappa shape index (κ3) is 8.77. The normalized spacial score (nSPS) is 12.2. The first-order chi connectivity index (χ1) is 17.0. The molecule has 0 radical (unpaired) electrons. The topological polar surface area (TPSA) is 210 Å². The SMILES string of the molecule is Cc1c(COc2ccc(C[C@H](C)NC[C@H](O)c3cc(O)cc(O)c3)cc2)no[n+]1[O-].O=C(O)C(=O)O. The van der Waals surface area contributed by atoms with Gasteiger partial charge in [-0.25, -0.2) is 9.59 Å². The van der Waals surface area contributed by atoms with Crippen molar-refractivity contribution in [3.63, 3.8) is 0 Å². The minimum Gasteiger partial charge on any atom is -0.508 e. The van der Waals surface area contributed by atoms with Crippen molar-refractivity contribution in [1.82, 2.24) is 10.5 Å². The number of carboxylic acids is 2. The predicted octanol–water partition coefficient (Wildman–Crippen LogP) is 1.02. The van der Waals surface area contributed by atoms with Gasteiger partial charge in [-0.1, -0.05) is 12.1 Å². The molecule has 3 rings (SSSR count). The molecule has 0 aliphatic heterocycles. The van der Waals surface area contributed by atoms with E-state index >= 15 is 0 Å². The Labute approximate surface area is 205 Å². The van der Waals surface area contributed by atoms with Gasteiger partial charge in [-0.05, 0) is 53.6 Å². The second-order valence-corrected chi connectivity index (χ2v) is 7.82. The number of aromatic nitrogens is 2. The van der Waals surface area contributed by atoms with Gasteiger partial charge in [0, 0.05) is 30.7 Å².